The van der Waals surface area contributed by atoms with Gasteiger partial charge >= 0.3 is 6.03 Å². The molecular formula is C17H25N7O4. The monoisotopic (exact) mass is 391 g/mol. The molecule has 1 aliphatic heterocycles. The molecule has 28 heavy (non-hydrogen) atoms. The third-order valence-corrected chi connectivity index (χ3v) is 4.15. The number of aromatic nitrogens is 2. The van der Waals surface area contributed by atoms with Gasteiger partial charge in [-0.1, -0.05) is 0 Å². The second-order valence-electron chi connectivity index (χ2n) is 6.93. The molecule has 152 valence electrons. The Morgan fingerprint density at radius 1 is 1.32 bits per heavy atom. The van der Waals surface area contributed by atoms with Gasteiger partial charge in [-0.15, -0.1) is 0 Å². The molecule has 11 nitrogen and oxygen atoms in total. The predicted molar refractivity (Wildman–Crippen MR) is 98.9 cm³/mol. The van der Waals surface area contributed by atoms with Crippen LogP contribution in [-0.2, 0) is 9.59 Å². The molecule has 1 aromatic rings. The van der Waals surface area contributed by atoms with E-state index < -0.39 is 29.8 Å². The average molecular weight is 391 g/mol. The summed E-state index contributed by atoms with van der Waals surface area (Å²) >= 11 is 0. The Morgan fingerprint density at radius 3 is 2.61 bits per heavy atom. The number of hydrogen-bond acceptors (Lipinski definition) is 6. The molecule has 0 radical (unpaired) electrons. The van der Waals surface area contributed by atoms with Gasteiger partial charge in [-0.25, -0.2) is 9.78 Å². The Hall–Kier alpha value is -3.24. The van der Waals surface area contributed by atoms with E-state index in [4.69, 9.17) is 5.73 Å². The van der Waals surface area contributed by atoms with Gasteiger partial charge in [0.05, 0.1) is 18.8 Å². The van der Waals surface area contributed by atoms with Gasteiger partial charge < -0.3 is 26.2 Å². The van der Waals surface area contributed by atoms with Crippen LogP contribution in [0.5, 0.6) is 0 Å². The van der Waals surface area contributed by atoms with Crippen LogP contribution in [0.15, 0.2) is 18.6 Å². The molecule has 0 unspecified atom stereocenters. The van der Waals surface area contributed by atoms with E-state index in [9.17, 15) is 19.2 Å². The molecule has 2 heterocycles. The lowest BCUT2D eigenvalue weighted by Gasteiger charge is -2.26. The number of rotatable bonds is 6. The van der Waals surface area contributed by atoms with E-state index in [-0.39, 0.29) is 37.3 Å². The molecule has 0 bridgehead atoms. The SMILES string of the molecule is CC(C)NC(=O)N[C@H]1C[C@@H](C(=O)N(C)CC(N)=O)N(C(=O)c2cnccn2)C1. The topological polar surface area (TPSA) is 151 Å². The number of likely N-dealkylation sites (tertiary alicyclic amines) is 1. The Labute approximate surface area is 162 Å². The highest BCUT2D eigenvalue weighted by molar-refractivity contribution is 5.97. The van der Waals surface area contributed by atoms with Crippen molar-refractivity contribution in [1.82, 2.24) is 30.4 Å². The van der Waals surface area contributed by atoms with Crippen LogP contribution in [0.2, 0.25) is 0 Å². The van der Waals surface area contributed by atoms with Gasteiger partial charge in [0.1, 0.15) is 11.7 Å². The zero-order valence-corrected chi connectivity index (χ0v) is 16.1. The lowest BCUT2D eigenvalue weighted by molar-refractivity contribution is -0.137. The van der Waals surface area contributed by atoms with Crippen molar-refractivity contribution in [1.29, 1.82) is 0 Å². The minimum Gasteiger partial charge on any atom is -0.368 e. The maximum absolute atomic E-state index is 12.8. The summed E-state index contributed by atoms with van der Waals surface area (Å²) in [4.78, 5) is 59.2. The van der Waals surface area contributed by atoms with E-state index in [2.05, 4.69) is 20.6 Å². The standard InChI is InChI=1S/C17H25N7O4/c1-10(2)21-17(28)22-11-6-13(16(27)23(3)9-14(18)25)24(8-11)15(26)12-7-19-4-5-20-12/h4-5,7,10-11,13H,6,8-9H2,1-3H3,(H2,18,25)(H2,21,22,28)/t11-,13-/m0/s1. The highest BCUT2D eigenvalue weighted by Crippen LogP contribution is 2.22. The summed E-state index contributed by atoms with van der Waals surface area (Å²) < 4.78 is 0. The fourth-order valence-electron chi connectivity index (χ4n) is 3.01. The largest absolute Gasteiger partial charge is 0.368 e. The number of primary amides is 1. The smallest absolute Gasteiger partial charge is 0.315 e. The summed E-state index contributed by atoms with van der Waals surface area (Å²) in [5.74, 6) is -1.58. The summed E-state index contributed by atoms with van der Waals surface area (Å²) in [6, 6.07) is -1.73. The molecule has 2 rings (SSSR count). The van der Waals surface area contributed by atoms with Crippen LogP contribution < -0.4 is 16.4 Å². The van der Waals surface area contributed by atoms with Gasteiger partial charge in [-0.3, -0.25) is 19.4 Å². The first-order valence-electron chi connectivity index (χ1n) is 8.86. The summed E-state index contributed by atoms with van der Waals surface area (Å²) in [5, 5.41) is 5.47. The van der Waals surface area contributed by atoms with E-state index in [0.29, 0.717) is 0 Å². The molecule has 1 saturated heterocycles. The summed E-state index contributed by atoms with van der Waals surface area (Å²) in [6.45, 7) is 3.50. The zero-order chi connectivity index (χ0) is 20.8. The first kappa shape index (κ1) is 21.1. The number of nitrogens with two attached hydrogens (primary N) is 1. The molecule has 1 aromatic heterocycles. The van der Waals surface area contributed by atoms with E-state index in [1.165, 1.54) is 35.4 Å². The van der Waals surface area contributed by atoms with Gasteiger partial charge in [0.2, 0.25) is 11.8 Å². The van der Waals surface area contributed by atoms with E-state index in [1.54, 1.807) is 0 Å². The van der Waals surface area contributed by atoms with Crippen LogP contribution in [0, 0.1) is 0 Å². The first-order chi connectivity index (χ1) is 13.2. The van der Waals surface area contributed by atoms with Crippen molar-refractivity contribution in [2.75, 3.05) is 20.1 Å². The number of urea groups is 1. The third-order valence-electron chi connectivity index (χ3n) is 4.15. The molecule has 4 N–H and O–H groups in total. The number of carbonyl (C=O) groups excluding carboxylic acids is 4. The first-order valence-corrected chi connectivity index (χ1v) is 8.86. The normalized spacial score (nSPS) is 18.6. The summed E-state index contributed by atoms with van der Waals surface area (Å²) in [6.07, 6.45) is 4.33. The van der Waals surface area contributed by atoms with Crippen LogP contribution in [0.1, 0.15) is 30.8 Å². The number of hydrogen-bond donors (Lipinski definition) is 3. The van der Waals surface area contributed by atoms with E-state index in [1.807, 2.05) is 13.8 Å². The second-order valence-corrected chi connectivity index (χ2v) is 6.93. The quantitative estimate of drug-likeness (QED) is 0.549. The fraction of sp³-hybridized carbons (Fsp3) is 0.529. The van der Waals surface area contributed by atoms with Gasteiger partial charge in [0.15, 0.2) is 0 Å². The zero-order valence-electron chi connectivity index (χ0n) is 16.1. The van der Waals surface area contributed by atoms with Crippen molar-refractivity contribution in [3.63, 3.8) is 0 Å². The Balaban J connectivity index is 2.19. The average Bonchev–Trinajstić information content (AvgIpc) is 3.03. The van der Waals surface area contributed by atoms with Crippen molar-refractivity contribution in [2.45, 2.75) is 38.4 Å². The Morgan fingerprint density at radius 2 is 2.04 bits per heavy atom. The van der Waals surface area contributed by atoms with Crippen LogP contribution >= 0.6 is 0 Å². The van der Waals surface area contributed by atoms with Crippen molar-refractivity contribution >= 4 is 23.8 Å². The van der Waals surface area contributed by atoms with Gasteiger partial charge in [0.25, 0.3) is 5.91 Å². The molecule has 1 aliphatic rings. The minimum absolute atomic E-state index is 0.0575. The highest BCUT2D eigenvalue weighted by Gasteiger charge is 2.42. The molecular weight excluding hydrogens is 366 g/mol. The maximum Gasteiger partial charge on any atom is 0.315 e. The van der Waals surface area contributed by atoms with Crippen LogP contribution in [0.4, 0.5) is 4.79 Å². The molecule has 2 atom stereocenters. The van der Waals surface area contributed by atoms with Gasteiger partial charge in [0, 0.05) is 32.0 Å². The van der Waals surface area contributed by atoms with Crippen molar-refractivity contribution < 1.29 is 19.2 Å². The maximum atomic E-state index is 12.8. The van der Waals surface area contributed by atoms with Crippen LogP contribution in [-0.4, -0.2) is 81.8 Å². The predicted octanol–water partition coefficient (Wildman–Crippen LogP) is -1.29. The number of carbonyl (C=O) groups is 4. The van der Waals surface area contributed by atoms with Crippen LogP contribution in [0.25, 0.3) is 0 Å². The van der Waals surface area contributed by atoms with Gasteiger partial charge in [-0.05, 0) is 20.3 Å². The van der Waals surface area contributed by atoms with Gasteiger partial charge in [-0.2, -0.15) is 0 Å². The molecule has 0 saturated carbocycles. The number of likely N-dealkylation sites (N-methyl/N-ethyl adjacent to an activating group) is 1. The van der Waals surface area contributed by atoms with E-state index >= 15 is 0 Å². The van der Waals surface area contributed by atoms with E-state index in [0.717, 1.165) is 0 Å². The number of amides is 5. The van der Waals surface area contributed by atoms with Crippen LogP contribution in [0.3, 0.4) is 0 Å². The Kier molecular flexibility index (Phi) is 6.85. The van der Waals surface area contributed by atoms with Crippen molar-refractivity contribution in [3.05, 3.63) is 24.3 Å². The lowest BCUT2D eigenvalue weighted by Crippen LogP contribution is -2.48. The lowest BCUT2D eigenvalue weighted by atomic mass is 10.1. The summed E-state index contributed by atoms with van der Waals surface area (Å²) in [5.41, 5.74) is 5.25. The molecule has 0 aromatic carbocycles. The van der Waals surface area contributed by atoms with Crippen molar-refractivity contribution in [3.8, 4) is 0 Å². The molecule has 1 fully saturated rings. The number of nitrogens with zero attached hydrogens (tertiary/aromatic N) is 4. The number of nitrogens with one attached hydrogen (secondary N) is 2. The van der Waals surface area contributed by atoms with Crippen molar-refractivity contribution in [2.24, 2.45) is 5.73 Å². The fourth-order valence-corrected chi connectivity index (χ4v) is 3.01. The summed E-state index contributed by atoms with van der Waals surface area (Å²) in [7, 11) is 1.43. The molecule has 11 heteroatoms. The molecule has 0 aliphatic carbocycles. The molecule has 0 spiro atoms. The minimum atomic E-state index is -0.858. The third kappa shape index (κ3) is 5.38. The second kappa shape index (κ2) is 9.11. The highest BCUT2D eigenvalue weighted by atomic mass is 16.2. The molecule has 5 amide bonds. The Bertz CT molecular complexity index is 740.